The number of pyridine rings is 1. The second kappa shape index (κ2) is 15.5. The Bertz CT molecular complexity index is 1680. The molecule has 3 fully saturated rings. The van der Waals surface area contributed by atoms with Gasteiger partial charge in [0, 0.05) is 80.2 Å². The Balaban J connectivity index is 0.000000715. The number of alkyl halides is 3. The maximum atomic E-state index is 13.7. The molecular formula is C38H50F4N8O2. The van der Waals surface area contributed by atoms with Crippen LogP contribution in [0.25, 0.3) is 0 Å². The predicted molar refractivity (Wildman–Crippen MR) is 191 cm³/mol. The summed E-state index contributed by atoms with van der Waals surface area (Å²) in [6.45, 7) is 20.1. The van der Waals surface area contributed by atoms with Gasteiger partial charge in [-0.05, 0) is 82.1 Å². The second-order valence-corrected chi connectivity index (χ2v) is 15.8. The van der Waals surface area contributed by atoms with Gasteiger partial charge in [0.25, 0.3) is 5.88 Å². The number of benzene rings is 1. The molecule has 282 valence electrons. The molecule has 52 heavy (non-hydrogen) atoms. The molecule has 1 spiro atoms. The highest BCUT2D eigenvalue weighted by atomic mass is 19.4. The zero-order valence-corrected chi connectivity index (χ0v) is 30.6. The van der Waals surface area contributed by atoms with Crippen molar-refractivity contribution in [2.75, 3.05) is 50.7 Å². The fourth-order valence-electron chi connectivity index (χ4n) is 7.83. The minimum absolute atomic E-state index is 0.0128. The van der Waals surface area contributed by atoms with Gasteiger partial charge >= 0.3 is 6.18 Å². The Kier molecular flexibility index (Phi) is 11.3. The van der Waals surface area contributed by atoms with Crippen molar-refractivity contribution in [1.29, 1.82) is 0 Å². The van der Waals surface area contributed by atoms with E-state index in [1.54, 1.807) is 6.20 Å². The van der Waals surface area contributed by atoms with Gasteiger partial charge in [0.1, 0.15) is 29.7 Å². The molecule has 4 aliphatic rings. The number of aromatic nitrogens is 4. The summed E-state index contributed by atoms with van der Waals surface area (Å²) in [6, 6.07) is 5.57. The van der Waals surface area contributed by atoms with Crippen molar-refractivity contribution < 1.29 is 27.0 Å². The normalized spacial score (nSPS) is 19.4. The molecule has 3 aromatic rings. The lowest BCUT2D eigenvalue weighted by atomic mass is 9.61. The fourth-order valence-corrected chi connectivity index (χ4v) is 7.83. The molecule has 2 saturated heterocycles. The van der Waals surface area contributed by atoms with E-state index in [0.717, 1.165) is 75.4 Å². The van der Waals surface area contributed by atoms with E-state index in [1.165, 1.54) is 31.0 Å². The smallest absolute Gasteiger partial charge is 0.393 e. The lowest BCUT2D eigenvalue weighted by Gasteiger charge is -2.58. The second-order valence-electron chi connectivity index (χ2n) is 15.8. The molecule has 0 bridgehead atoms. The molecule has 0 unspecified atom stereocenters. The largest absolute Gasteiger partial charge is 0.490 e. The number of hydrogen-bond donors (Lipinski definition) is 1. The summed E-state index contributed by atoms with van der Waals surface area (Å²) < 4.78 is 65.4. The van der Waals surface area contributed by atoms with Crippen LogP contribution in [-0.2, 0) is 19.4 Å². The molecule has 2 aromatic heterocycles. The van der Waals surface area contributed by atoms with E-state index in [0.29, 0.717) is 30.4 Å². The molecule has 7 rings (SSSR count). The number of fused-ring (bicyclic) bond motifs is 1. The van der Waals surface area contributed by atoms with Crippen LogP contribution >= 0.6 is 0 Å². The van der Waals surface area contributed by atoms with Crippen molar-refractivity contribution in [3.05, 3.63) is 72.2 Å². The van der Waals surface area contributed by atoms with Crippen LogP contribution < -0.4 is 19.7 Å². The highest BCUT2D eigenvalue weighted by Gasteiger charge is 2.54. The molecule has 5 heterocycles. The number of likely N-dealkylation sites (tertiary alicyclic amines) is 1. The van der Waals surface area contributed by atoms with Crippen LogP contribution in [-0.4, -0.2) is 94.1 Å². The molecule has 0 radical (unpaired) electrons. The van der Waals surface area contributed by atoms with Gasteiger partial charge in [-0.15, -0.1) is 10.2 Å². The third kappa shape index (κ3) is 9.49. The third-order valence-corrected chi connectivity index (χ3v) is 10.0. The molecular weight excluding hydrogens is 676 g/mol. The van der Waals surface area contributed by atoms with Crippen LogP contribution in [0.5, 0.6) is 17.4 Å². The molecule has 0 atom stereocenters. The Hall–Kier alpha value is -4.04. The zero-order valence-electron chi connectivity index (χ0n) is 30.6. The molecule has 0 amide bonds. The summed E-state index contributed by atoms with van der Waals surface area (Å²) in [6.07, 6.45) is 2.94. The molecule has 1 aromatic carbocycles. The third-order valence-electron chi connectivity index (χ3n) is 10.0. The lowest BCUT2D eigenvalue weighted by molar-refractivity contribution is -0.127. The van der Waals surface area contributed by atoms with Gasteiger partial charge in [-0.2, -0.15) is 13.2 Å². The molecule has 1 saturated carbocycles. The summed E-state index contributed by atoms with van der Waals surface area (Å²) in [5, 5.41) is 10.7. The summed E-state index contributed by atoms with van der Waals surface area (Å²) >= 11 is 0. The van der Waals surface area contributed by atoms with Gasteiger partial charge in [-0.3, -0.25) is 9.88 Å². The number of ether oxygens (including phenoxy) is 2. The van der Waals surface area contributed by atoms with E-state index in [2.05, 4.69) is 69.6 Å². The first-order valence-electron chi connectivity index (χ1n) is 18.1. The Morgan fingerprint density at radius 3 is 2.46 bits per heavy atom. The van der Waals surface area contributed by atoms with Gasteiger partial charge in [0.15, 0.2) is 5.82 Å². The number of nitrogens with zero attached hydrogens (tertiary/aromatic N) is 7. The monoisotopic (exact) mass is 726 g/mol. The van der Waals surface area contributed by atoms with E-state index in [-0.39, 0.29) is 28.7 Å². The maximum absolute atomic E-state index is 13.7. The minimum Gasteiger partial charge on any atom is -0.490 e. The van der Waals surface area contributed by atoms with E-state index in [9.17, 15) is 17.6 Å². The first kappa shape index (κ1) is 37.7. The summed E-state index contributed by atoms with van der Waals surface area (Å²) in [7, 11) is 0. The van der Waals surface area contributed by atoms with Crippen molar-refractivity contribution in [1.82, 2.24) is 35.3 Å². The van der Waals surface area contributed by atoms with Crippen LogP contribution in [0, 0.1) is 16.6 Å². The first-order valence-corrected chi connectivity index (χ1v) is 18.1. The van der Waals surface area contributed by atoms with Crippen LogP contribution in [0.4, 0.5) is 23.4 Å². The van der Waals surface area contributed by atoms with E-state index < -0.39 is 18.4 Å². The molecule has 10 nitrogen and oxygen atoms in total. The van der Waals surface area contributed by atoms with Crippen molar-refractivity contribution in [2.24, 2.45) is 10.8 Å². The van der Waals surface area contributed by atoms with Crippen LogP contribution in [0.3, 0.4) is 0 Å². The van der Waals surface area contributed by atoms with Crippen molar-refractivity contribution >= 4 is 5.82 Å². The van der Waals surface area contributed by atoms with Gasteiger partial charge in [0.2, 0.25) is 0 Å². The highest BCUT2D eigenvalue weighted by Crippen LogP contribution is 2.52. The molecule has 1 aliphatic carbocycles. The van der Waals surface area contributed by atoms with Crippen molar-refractivity contribution in [3.8, 4) is 17.4 Å². The topological polar surface area (TPSA) is 91.8 Å². The number of nitrogens with one attached hydrogen (secondary N) is 1. The molecule has 1 N–H and O–H groups in total. The van der Waals surface area contributed by atoms with Gasteiger partial charge in [-0.25, -0.2) is 9.37 Å². The van der Waals surface area contributed by atoms with Gasteiger partial charge in [-0.1, -0.05) is 20.4 Å². The summed E-state index contributed by atoms with van der Waals surface area (Å²) in [4.78, 5) is 16.0. The number of anilines is 1. The zero-order chi connectivity index (χ0) is 37.1. The van der Waals surface area contributed by atoms with Gasteiger partial charge in [0.05, 0.1) is 6.42 Å². The SMILES string of the molecule is C=CNC(C)C.CC1(C)CN(CCCN2CCc3nccc(OC4CC5(C4)CN(c4ncnnc4Oc4ccc(F)cc4CC(F)(F)F)C5)c3C2)C1. The Morgan fingerprint density at radius 2 is 1.79 bits per heavy atom. The van der Waals surface area contributed by atoms with Gasteiger partial charge < -0.3 is 24.6 Å². The fraction of sp³-hybridized carbons (Fsp3) is 0.579. The molecule has 14 heteroatoms. The quantitative estimate of drug-likeness (QED) is 0.207. The maximum Gasteiger partial charge on any atom is 0.393 e. The summed E-state index contributed by atoms with van der Waals surface area (Å²) in [5.41, 5.74) is 2.54. The minimum atomic E-state index is -4.53. The van der Waals surface area contributed by atoms with Crippen LogP contribution in [0.15, 0.2) is 49.6 Å². The Labute approximate surface area is 303 Å². The average Bonchev–Trinajstić information content (AvgIpc) is 3.02. The average molecular weight is 727 g/mol. The standard InChI is InChI=1S/C33H39F4N7O2.C5H11N/c1-31(2)17-43(18-31)10-3-9-42-11-7-26-25(16-42)28(6-8-38-26)45-24-14-32(15-24)19-44(20-32)29-30(41-40-21-39-29)46-27-5-4-23(34)12-22(27)13-33(35,36)37;1-4-6-5(2)3/h4-6,8,12,21,24H,3,7,9-11,13-20H2,1-2H3;4-6H,1H2,2-3H3. The summed E-state index contributed by atoms with van der Waals surface area (Å²) in [5.74, 6) is 0.408. The molecule has 3 aliphatic heterocycles. The predicted octanol–water partition coefficient (Wildman–Crippen LogP) is 6.57. The lowest BCUT2D eigenvalue weighted by Crippen LogP contribution is -2.65. The van der Waals surface area contributed by atoms with Crippen molar-refractivity contribution in [3.63, 3.8) is 0 Å². The highest BCUT2D eigenvalue weighted by molar-refractivity contribution is 5.53. The van der Waals surface area contributed by atoms with Crippen LogP contribution in [0.1, 0.15) is 63.8 Å². The van der Waals surface area contributed by atoms with Crippen LogP contribution in [0.2, 0.25) is 0 Å². The van der Waals surface area contributed by atoms with E-state index in [1.807, 2.05) is 17.2 Å². The number of halogens is 4. The first-order chi connectivity index (χ1) is 24.7. The van der Waals surface area contributed by atoms with E-state index in [4.69, 9.17) is 9.47 Å². The Morgan fingerprint density at radius 1 is 1.04 bits per heavy atom. The van der Waals surface area contributed by atoms with Crippen molar-refractivity contribution in [2.45, 2.75) is 84.7 Å². The van der Waals surface area contributed by atoms with E-state index >= 15 is 0 Å². The number of hydrogen-bond acceptors (Lipinski definition) is 10. The number of rotatable bonds is 12.